The molecule has 0 unspecified atom stereocenters. The van der Waals surface area contributed by atoms with Gasteiger partial charge in [-0.2, -0.15) is 0 Å². The highest BCUT2D eigenvalue weighted by atomic mass is 79.9. The molecule has 0 spiro atoms. The Bertz CT molecular complexity index is 341. The number of rotatable bonds is 9. The van der Waals surface area contributed by atoms with Gasteiger partial charge in [0, 0.05) is 4.47 Å². The van der Waals surface area contributed by atoms with Crippen LogP contribution >= 0.6 is 15.9 Å². The standard InChI is InChI=1S/C13H20BrNO4/c14-11-1-3-13(4-2-11)19-10-12(18)9-15(5-7-16)6-8-17/h1-4,12,16-18H,5-10H2/p+1/t12-/m1/s1. The minimum Gasteiger partial charge on any atom is -0.491 e. The normalized spacial score (nSPS) is 12.7. The smallest absolute Gasteiger partial charge is 0.137 e. The lowest BCUT2D eigenvalue weighted by Gasteiger charge is -2.20. The Morgan fingerprint density at radius 3 is 2.21 bits per heavy atom. The van der Waals surface area contributed by atoms with Crippen molar-refractivity contribution in [3.63, 3.8) is 0 Å². The molecule has 0 saturated carbocycles. The van der Waals surface area contributed by atoms with Gasteiger partial charge in [0.15, 0.2) is 0 Å². The third-order valence-corrected chi connectivity index (χ3v) is 3.24. The zero-order chi connectivity index (χ0) is 14.1. The Hall–Kier alpha value is -0.660. The number of ether oxygens (including phenoxy) is 1. The van der Waals surface area contributed by atoms with Gasteiger partial charge >= 0.3 is 0 Å². The van der Waals surface area contributed by atoms with E-state index in [0.29, 0.717) is 25.4 Å². The fourth-order valence-electron chi connectivity index (χ4n) is 1.76. The van der Waals surface area contributed by atoms with Gasteiger partial charge in [0.05, 0.1) is 13.2 Å². The Morgan fingerprint density at radius 2 is 1.68 bits per heavy atom. The van der Waals surface area contributed by atoms with E-state index in [0.717, 1.165) is 9.37 Å². The summed E-state index contributed by atoms with van der Waals surface area (Å²) < 4.78 is 6.44. The predicted octanol–water partition coefficient (Wildman–Crippen LogP) is -0.942. The van der Waals surface area contributed by atoms with Crippen molar-refractivity contribution in [2.45, 2.75) is 6.10 Å². The van der Waals surface area contributed by atoms with Gasteiger partial charge in [0.1, 0.15) is 38.1 Å². The van der Waals surface area contributed by atoms with Crippen LogP contribution < -0.4 is 9.64 Å². The molecule has 5 nitrogen and oxygen atoms in total. The maximum absolute atomic E-state index is 9.87. The van der Waals surface area contributed by atoms with Gasteiger partial charge in [0.2, 0.25) is 0 Å². The van der Waals surface area contributed by atoms with Crippen molar-refractivity contribution in [1.29, 1.82) is 0 Å². The van der Waals surface area contributed by atoms with Crippen LogP contribution in [0.3, 0.4) is 0 Å². The second kappa shape index (κ2) is 9.28. The summed E-state index contributed by atoms with van der Waals surface area (Å²) in [6, 6.07) is 7.39. The summed E-state index contributed by atoms with van der Waals surface area (Å²) >= 11 is 3.34. The lowest BCUT2D eigenvalue weighted by atomic mass is 10.3. The summed E-state index contributed by atoms with van der Waals surface area (Å²) in [5, 5.41) is 27.7. The number of quaternary nitrogens is 1. The third-order valence-electron chi connectivity index (χ3n) is 2.71. The molecule has 0 heterocycles. The van der Waals surface area contributed by atoms with Crippen molar-refractivity contribution in [1.82, 2.24) is 0 Å². The van der Waals surface area contributed by atoms with Crippen molar-refractivity contribution in [3.8, 4) is 5.75 Å². The number of hydrogen-bond acceptors (Lipinski definition) is 4. The number of benzene rings is 1. The van der Waals surface area contributed by atoms with E-state index in [-0.39, 0.29) is 19.8 Å². The molecular formula is C13H21BrNO4+. The molecule has 4 N–H and O–H groups in total. The van der Waals surface area contributed by atoms with Crippen LogP contribution in [0.5, 0.6) is 5.75 Å². The van der Waals surface area contributed by atoms with Crippen molar-refractivity contribution in [2.75, 3.05) is 39.5 Å². The lowest BCUT2D eigenvalue weighted by molar-refractivity contribution is -0.903. The van der Waals surface area contributed by atoms with Gasteiger partial charge in [-0.3, -0.25) is 0 Å². The summed E-state index contributed by atoms with van der Waals surface area (Å²) in [5.41, 5.74) is 0. The molecule has 0 aromatic heterocycles. The largest absolute Gasteiger partial charge is 0.491 e. The van der Waals surface area contributed by atoms with Crippen LogP contribution in [-0.4, -0.2) is 60.9 Å². The quantitative estimate of drug-likeness (QED) is 0.470. The average Bonchev–Trinajstić information content (AvgIpc) is 2.39. The molecule has 0 saturated heterocycles. The first kappa shape index (κ1) is 16.4. The topological polar surface area (TPSA) is 74.4 Å². The summed E-state index contributed by atoms with van der Waals surface area (Å²) in [5.74, 6) is 0.702. The van der Waals surface area contributed by atoms with Crippen LogP contribution in [0.4, 0.5) is 0 Å². The van der Waals surface area contributed by atoms with Crippen LogP contribution in [0.1, 0.15) is 0 Å². The minimum atomic E-state index is -0.628. The molecule has 0 fully saturated rings. The van der Waals surface area contributed by atoms with Gasteiger partial charge in [-0.15, -0.1) is 0 Å². The zero-order valence-electron chi connectivity index (χ0n) is 10.8. The highest BCUT2D eigenvalue weighted by Crippen LogP contribution is 2.15. The van der Waals surface area contributed by atoms with E-state index in [1.165, 1.54) is 0 Å². The van der Waals surface area contributed by atoms with E-state index in [4.69, 9.17) is 14.9 Å². The van der Waals surface area contributed by atoms with Gasteiger partial charge in [-0.05, 0) is 24.3 Å². The molecule has 1 rings (SSSR count). The highest BCUT2D eigenvalue weighted by Gasteiger charge is 2.14. The monoisotopic (exact) mass is 334 g/mol. The zero-order valence-corrected chi connectivity index (χ0v) is 12.3. The van der Waals surface area contributed by atoms with Crippen molar-refractivity contribution in [2.24, 2.45) is 0 Å². The first-order chi connectivity index (χ1) is 9.15. The molecule has 0 amide bonds. The second-order valence-electron chi connectivity index (χ2n) is 4.32. The van der Waals surface area contributed by atoms with E-state index >= 15 is 0 Å². The molecule has 108 valence electrons. The molecule has 1 atom stereocenters. The van der Waals surface area contributed by atoms with Crippen molar-refractivity contribution >= 4 is 15.9 Å². The van der Waals surface area contributed by atoms with E-state index in [2.05, 4.69) is 15.9 Å². The molecule has 0 aliphatic heterocycles. The van der Waals surface area contributed by atoms with Crippen molar-refractivity contribution in [3.05, 3.63) is 28.7 Å². The third kappa shape index (κ3) is 6.89. The summed E-state index contributed by atoms with van der Waals surface area (Å²) in [6.07, 6.45) is -0.628. The van der Waals surface area contributed by atoms with Gasteiger partial charge in [-0.25, -0.2) is 0 Å². The van der Waals surface area contributed by atoms with E-state index in [1.54, 1.807) is 0 Å². The molecular weight excluding hydrogens is 314 g/mol. The molecule has 0 aliphatic rings. The number of aliphatic hydroxyl groups excluding tert-OH is 3. The molecule has 6 heteroatoms. The summed E-state index contributed by atoms with van der Waals surface area (Å²) in [7, 11) is 0. The van der Waals surface area contributed by atoms with Crippen LogP contribution in [0.25, 0.3) is 0 Å². The summed E-state index contributed by atoms with van der Waals surface area (Å²) in [6.45, 7) is 1.73. The fraction of sp³-hybridized carbons (Fsp3) is 0.538. The van der Waals surface area contributed by atoms with Crippen LogP contribution in [0.15, 0.2) is 28.7 Å². The Labute approximate surface area is 121 Å². The predicted molar refractivity (Wildman–Crippen MR) is 75.4 cm³/mol. The lowest BCUT2D eigenvalue weighted by Crippen LogP contribution is -3.14. The number of halogens is 1. The van der Waals surface area contributed by atoms with Crippen LogP contribution in [0.2, 0.25) is 0 Å². The van der Waals surface area contributed by atoms with Crippen LogP contribution in [0, 0.1) is 0 Å². The van der Waals surface area contributed by atoms with Gasteiger partial charge in [0.25, 0.3) is 0 Å². The first-order valence-electron chi connectivity index (χ1n) is 6.27. The van der Waals surface area contributed by atoms with E-state index in [9.17, 15) is 5.11 Å². The number of aliphatic hydroxyl groups is 3. The Morgan fingerprint density at radius 1 is 1.11 bits per heavy atom. The fourth-order valence-corrected chi connectivity index (χ4v) is 2.03. The second-order valence-corrected chi connectivity index (χ2v) is 5.24. The maximum atomic E-state index is 9.87. The molecule has 19 heavy (non-hydrogen) atoms. The molecule has 0 radical (unpaired) electrons. The van der Waals surface area contributed by atoms with E-state index < -0.39 is 6.10 Å². The maximum Gasteiger partial charge on any atom is 0.137 e. The van der Waals surface area contributed by atoms with Gasteiger partial charge in [-0.1, -0.05) is 15.9 Å². The molecule has 1 aromatic rings. The number of nitrogens with one attached hydrogen (secondary N) is 1. The average molecular weight is 335 g/mol. The minimum absolute atomic E-state index is 0.0373. The highest BCUT2D eigenvalue weighted by molar-refractivity contribution is 9.10. The van der Waals surface area contributed by atoms with E-state index in [1.807, 2.05) is 24.3 Å². The molecule has 0 aliphatic carbocycles. The van der Waals surface area contributed by atoms with Gasteiger partial charge < -0.3 is 25.0 Å². The molecule has 0 bridgehead atoms. The first-order valence-corrected chi connectivity index (χ1v) is 7.06. The summed E-state index contributed by atoms with van der Waals surface area (Å²) in [4.78, 5) is 0.955. The Kier molecular flexibility index (Phi) is 8.00. The Balaban J connectivity index is 2.33. The van der Waals surface area contributed by atoms with Crippen molar-refractivity contribution < 1.29 is 25.0 Å². The van der Waals surface area contributed by atoms with Crippen LogP contribution in [-0.2, 0) is 0 Å². The number of hydrogen-bond donors (Lipinski definition) is 4. The molecule has 1 aromatic carbocycles. The SMILES string of the molecule is OCC[NH+](CCO)C[C@@H](O)COc1ccc(Br)cc1.